The van der Waals surface area contributed by atoms with Gasteiger partial charge in [-0.1, -0.05) is 52.5 Å². The van der Waals surface area contributed by atoms with Gasteiger partial charge in [0.1, 0.15) is 11.5 Å². The number of esters is 1. The molecule has 0 bridgehead atoms. The molecule has 0 saturated heterocycles. The van der Waals surface area contributed by atoms with Crippen molar-refractivity contribution in [2.45, 2.75) is 26.9 Å². The van der Waals surface area contributed by atoms with E-state index in [0.717, 1.165) is 11.1 Å². The Labute approximate surface area is 150 Å². The number of rotatable bonds is 4. The fourth-order valence-electron chi connectivity index (χ4n) is 1.94. The van der Waals surface area contributed by atoms with Crippen LogP contribution in [0.1, 0.15) is 18.1 Å². The Hall–Kier alpha value is -1.42. The average Bonchev–Trinajstić information content (AvgIpc) is 2.47. The molecule has 0 aliphatic rings. The van der Waals surface area contributed by atoms with Gasteiger partial charge in [0.05, 0.1) is 15.1 Å². The maximum atomic E-state index is 12.2. The molecule has 0 aromatic heterocycles. The number of ether oxygens (including phenoxy) is 2. The zero-order valence-electron chi connectivity index (χ0n) is 12.8. The first-order valence-corrected chi connectivity index (χ1v) is 8.01. The highest BCUT2D eigenvalue weighted by atomic mass is 35.5. The molecule has 23 heavy (non-hydrogen) atoms. The van der Waals surface area contributed by atoms with Crippen molar-refractivity contribution < 1.29 is 14.3 Å². The van der Waals surface area contributed by atoms with E-state index in [1.54, 1.807) is 13.0 Å². The number of carbonyl (C=O) groups excluding carboxylic acids is 1. The van der Waals surface area contributed by atoms with E-state index in [1.807, 2.05) is 26.0 Å². The Bertz CT molecular complexity index is 744. The van der Waals surface area contributed by atoms with Crippen molar-refractivity contribution in [1.82, 2.24) is 0 Å². The highest BCUT2D eigenvalue weighted by Crippen LogP contribution is 2.34. The lowest BCUT2D eigenvalue weighted by Crippen LogP contribution is -2.28. The van der Waals surface area contributed by atoms with Gasteiger partial charge < -0.3 is 9.47 Å². The SMILES string of the molecule is Cc1ccc(OC(=O)[C@@H](C)Oc2cc(Cl)c(Cl)cc2Cl)c(C)c1. The van der Waals surface area contributed by atoms with Crippen LogP contribution in [0.15, 0.2) is 30.3 Å². The lowest BCUT2D eigenvalue weighted by molar-refractivity contribution is -0.141. The Morgan fingerprint density at radius 1 is 0.957 bits per heavy atom. The molecule has 122 valence electrons. The Morgan fingerprint density at radius 3 is 2.26 bits per heavy atom. The van der Waals surface area contributed by atoms with E-state index in [9.17, 15) is 4.79 Å². The van der Waals surface area contributed by atoms with Crippen molar-refractivity contribution in [3.8, 4) is 11.5 Å². The van der Waals surface area contributed by atoms with Crippen LogP contribution < -0.4 is 9.47 Å². The number of aryl methyl sites for hydroxylation is 2. The summed E-state index contributed by atoms with van der Waals surface area (Å²) in [5.74, 6) is 0.238. The van der Waals surface area contributed by atoms with Gasteiger partial charge in [-0.05, 0) is 38.5 Å². The van der Waals surface area contributed by atoms with Crippen LogP contribution in [-0.2, 0) is 4.79 Å². The van der Waals surface area contributed by atoms with Crippen LogP contribution in [-0.4, -0.2) is 12.1 Å². The van der Waals surface area contributed by atoms with Crippen LogP contribution in [0.25, 0.3) is 0 Å². The first kappa shape index (κ1) is 17.9. The van der Waals surface area contributed by atoms with Gasteiger partial charge >= 0.3 is 5.97 Å². The lowest BCUT2D eigenvalue weighted by atomic mass is 10.1. The Kier molecular flexibility index (Phi) is 5.79. The summed E-state index contributed by atoms with van der Waals surface area (Å²) in [5.41, 5.74) is 1.97. The number of benzene rings is 2. The number of hydrogen-bond acceptors (Lipinski definition) is 3. The summed E-state index contributed by atoms with van der Waals surface area (Å²) in [6, 6.07) is 8.48. The molecule has 0 saturated carbocycles. The van der Waals surface area contributed by atoms with Crippen LogP contribution in [0.5, 0.6) is 11.5 Å². The molecule has 0 unspecified atom stereocenters. The zero-order chi connectivity index (χ0) is 17.1. The van der Waals surface area contributed by atoms with E-state index < -0.39 is 12.1 Å². The van der Waals surface area contributed by atoms with Gasteiger partial charge in [0.2, 0.25) is 0 Å². The van der Waals surface area contributed by atoms with E-state index in [-0.39, 0.29) is 10.8 Å². The fraction of sp³-hybridized carbons (Fsp3) is 0.235. The van der Waals surface area contributed by atoms with Crippen LogP contribution >= 0.6 is 34.8 Å². The minimum atomic E-state index is -0.856. The first-order chi connectivity index (χ1) is 10.8. The van der Waals surface area contributed by atoms with Gasteiger partial charge in [0, 0.05) is 6.07 Å². The average molecular weight is 374 g/mol. The summed E-state index contributed by atoms with van der Waals surface area (Å²) in [6.07, 6.45) is -0.856. The molecular formula is C17H15Cl3O3. The predicted molar refractivity (Wildman–Crippen MR) is 93.1 cm³/mol. The lowest BCUT2D eigenvalue weighted by Gasteiger charge is -2.16. The van der Waals surface area contributed by atoms with Crippen molar-refractivity contribution in [3.05, 3.63) is 56.5 Å². The molecule has 0 fully saturated rings. The molecule has 2 aromatic rings. The van der Waals surface area contributed by atoms with Gasteiger partial charge in [0.15, 0.2) is 6.10 Å². The van der Waals surface area contributed by atoms with E-state index >= 15 is 0 Å². The summed E-state index contributed by atoms with van der Waals surface area (Å²) < 4.78 is 10.9. The van der Waals surface area contributed by atoms with Gasteiger partial charge in [-0.15, -0.1) is 0 Å². The molecule has 0 radical (unpaired) electrons. The normalized spacial score (nSPS) is 11.9. The smallest absolute Gasteiger partial charge is 0.352 e. The molecule has 0 spiro atoms. The highest BCUT2D eigenvalue weighted by Gasteiger charge is 2.20. The molecule has 2 rings (SSSR count). The predicted octanol–water partition coefficient (Wildman–Crippen LogP) is 5.64. The van der Waals surface area contributed by atoms with E-state index in [0.29, 0.717) is 15.8 Å². The number of carbonyl (C=O) groups is 1. The number of halogens is 3. The second-order valence-corrected chi connectivity index (χ2v) is 6.37. The third-order valence-corrected chi connectivity index (χ3v) is 4.17. The van der Waals surface area contributed by atoms with Gasteiger partial charge in [-0.2, -0.15) is 0 Å². The van der Waals surface area contributed by atoms with Crippen molar-refractivity contribution in [3.63, 3.8) is 0 Å². The number of hydrogen-bond donors (Lipinski definition) is 0. The monoisotopic (exact) mass is 372 g/mol. The van der Waals surface area contributed by atoms with E-state index in [2.05, 4.69) is 0 Å². The van der Waals surface area contributed by atoms with E-state index in [4.69, 9.17) is 44.3 Å². The highest BCUT2D eigenvalue weighted by molar-refractivity contribution is 6.43. The largest absolute Gasteiger partial charge is 0.477 e. The third kappa shape index (κ3) is 4.54. The van der Waals surface area contributed by atoms with Crippen LogP contribution in [0, 0.1) is 13.8 Å². The third-order valence-electron chi connectivity index (χ3n) is 3.15. The summed E-state index contributed by atoms with van der Waals surface area (Å²) in [7, 11) is 0. The molecule has 3 nitrogen and oxygen atoms in total. The second-order valence-electron chi connectivity index (χ2n) is 5.15. The van der Waals surface area contributed by atoms with Gasteiger partial charge in [-0.25, -0.2) is 4.79 Å². The van der Waals surface area contributed by atoms with Gasteiger partial charge in [-0.3, -0.25) is 0 Å². The summed E-state index contributed by atoms with van der Waals surface area (Å²) in [5, 5.41) is 0.876. The molecule has 6 heteroatoms. The topological polar surface area (TPSA) is 35.5 Å². The minimum absolute atomic E-state index is 0.269. The summed E-state index contributed by atoms with van der Waals surface area (Å²) >= 11 is 17.8. The van der Waals surface area contributed by atoms with Crippen LogP contribution in [0.4, 0.5) is 0 Å². The van der Waals surface area contributed by atoms with Crippen molar-refractivity contribution >= 4 is 40.8 Å². The second kappa shape index (κ2) is 7.43. The van der Waals surface area contributed by atoms with Crippen LogP contribution in [0.3, 0.4) is 0 Å². The van der Waals surface area contributed by atoms with Gasteiger partial charge in [0.25, 0.3) is 0 Å². The maximum absolute atomic E-state index is 12.2. The molecule has 1 atom stereocenters. The minimum Gasteiger partial charge on any atom is -0.477 e. The molecule has 0 N–H and O–H groups in total. The molecule has 2 aromatic carbocycles. The maximum Gasteiger partial charge on any atom is 0.352 e. The molecular weight excluding hydrogens is 359 g/mol. The molecule has 0 amide bonds. The summed E-state index contributed by atoms with van der Waals surface area (Å²) in [6.45, 7) is 5.41. The van der Waals surface area contributed by atoms with Crippen molar-refractivity contribution in [2.75, 3.05) is 0 Å². The standard InChI is InChI=1S/C17H15Cl3O3/c1-9-4-5-15(10(2)6-9)23-17(21)11(3)22-16-8-13(19)12(18)7-14(16)20/h4-8,11H,1-3H3/t11-/m1/s1. The molecule has 0 heterocycles. The first-order valence-electron chi connectivity index (χ1n) is 6.88. The zero-order valence-corrected chi connectivity index (χ0v) is 15.1. The Morgan fingerprint density at radius 2 is 1.61 bits per heavy atom. The van der Waals surface area contributed by atoms with Crippen molar-refractivity contribution in [2.24, 2.45) is 0 Å². The molecule has 0 aliphatic heterocycles. The van der Waals surface area contributed by atoms with E-state index in [1.165, 1.54) is 12.1 Å². The van der Waals surface area contributed by atoms with Crippen LogP contribution in [0.2, 0.25) is 15.1 Å². The Balaban J connectivity index is 2.10. The molecule has 0 aliphatic carbocycles. The summed E-state index contributed by atoms with van der Waals surface area (Å²) in [4.78, 5) is 12.2. The van der Waals surface area contributed by atoms with Crippen molar-refractivity contribution in [1.29, 1.82) is 0 Å². The quantitative estimate of drug-likeness (QED) is 0.395. The fourth-order valence-corrected chi connectivity index (χ4v) is 2.52.